The number of hydrogen-bond acceptors (Lipinski definition) is 6. The molecule has 1 aromatic rings. The molecule has 0 aliphatic carbocycles. The van der Waals surface area contributed by atoms with Gasteiger partial charge in [0, 0.05) is 44.8 Å². The van der Waals surface area contributed by atoms with E-state index in [4.69, 9.17) is 4.74 Å². The van der Waals surface area contributed by atoms with Gasteiger partial charge in [0.05, 0.1) is 0 Å². The van der Waals surface area contributed by atoms with Crippen molar-refractivity contribution in [3.05, 3.63) is 34.9 Å². The Balaban J connectivity index is 1.27. The summed E-state index contributed by atoms with van der Waals surface area (Å²) in [5, 5.41) is 9.60. The zero-order valence-corrected chi connectivity index (χ0v) is 19.2. The number of carbonyl (C=O) groups is 3. The second-order valence-electron chi connectivity index (χ2n) is 9.95. The monoisotopic (exact) mass is 454 g/mol. The molecule has 5 rings (SSSR count). The van der Waals surface area contributed by atoms with Crippen LogP contribution in [0.5, 0.6) is 0 Å². The lowest BCUT2D eigenvalue weighted by Crippen LogP contribution is -2.52. The van der Waals surface area contributed by atoms with Gasteiger partial charge in [-0.3, -0.25) is 19.7 Å². The minimum Gasteiger partial charge on any atom is -0.381 e. The molecule has 3 fully saturated rings. The van der Waals surface area contributed by atoms with E-state index >= 15 is 0 Å². The van der Waals surface area contributed by atoms with Gasteiger partial charge in [-0.1, -0.05) is 12.1 Å². The number of ether oxygens (including phenoxy) is 1. The Morgan fingerprint density at radius 2 is 1.88 bits per heavy atom. The first-order valence-electron chi connectivity index (χ1n) is 12.3. The molecule has 0 saturated carbocycles. The lowest BCUT2D eigenvalue weighted by atomic mass is 9.66. The molecule has 3 N–H and O–H groups in total. The molecule has 8 nitrogen and oxygen atoms in total. The summed E-state index contributed by atoms with van der Waals surface area (Å²) in [7, 11) is 0. The van der Waals surface area contributed by atoms with Gasteiger partial charge < -0.3 is 20.3 Å². The van der Waals surface area contributed by atoms with Gasteiger partial charge in [0.15, 0.2) is 0 Å². The molecule has 33 heavy (non-hydrogen) atoms. The summed E-state index contributed by atoms with van der Waals surface area (Å²) in [4.78, 5) is 38.6. The SMILES string of the molecule is O=C1CCC(N2Cc3c(CNCC4(C5CCNCC5)CCOCC4)cccc3C2=O)C(=O)N1. The number of benzene rings is 1. The molecule has 4 aliphatic heterocycles. The Hall–Kier alpha value is -2.29. The van der Waals surface area contributed by atoms with Crippen LogP contribution in [0.3, 0.4) is 0 Å². The van der Waals surface area contributed by atoms with E-state index in [1.54, 1.807) is 4.90 Å². The minimum atomic E-state index is -0.575. The van der Waals surface area contributed by atoms with E-state index < -0.39 is 6.04 Å². The summed E-state index contributed by atoms with van der Waals surface area (Å²) >= 11 is 0. The third kappa shape index (κ3) is 4.44. The third-order valence-electron chi connectivity index (χ3n) is 8.17. The number of hydrogen-bond donors (Lipinski definition) is 3. The minimum absolute atomic E-state index is 0.114. The average Bonchev–Trinajstić information content (AvgIpc) is 3.17. The average molecular weight is 455 g/mol. The van der Waals surface area contributed by atoms with Crippen LogP contribution in [0.1, 0.15) is 60.0 Å². The first-order valence-corrected chi connectivity index (χ1v) is 12.3. The molecular formula is C25H34N4O4. The molecule has 0 bridgehead atoms. The van der Waals surface area contributed by atoms with Crippen LogP contribution in [0, 0.1) is 11.3 Å². The highest BCUT2D eigenvalue weighted by Crippen LogP contribution is 2.42. The van der Waals surface area contributed by atoms with Crippen molar-refractivity contribution in [3.63, 3.8) is 0 Å². The van der Waals surface area contributed by atoms with Crippen molar-refractivity contribution in [2.24, 2.45) is 11.3 Å². The van der Waals surface area contributed by atoms with E-state index in [0.717, 1.165) is 56.8 Å². The Bertz CT molecular complexity index is 921. The summed E-state index contributed by atoms with van der Waals surface area (Å²) in [6.07, 6.45) is 5.29. The van der Waals surface area contributed by atoms with Crippen LogP contribution in [-0.2, 0) is 27.4 Å². The molecule has 4 aliphatic rings. The van der Waals surface area contributed by atoms with E-state index in [2.05, 4.69) is 22.0 Å². The van der Waals surface area contributed by atoms with Crippen LogP contribution in [0.15, 0.2) is 18.2 Å². The highest BCUT2D eigenvalue weighted by molar-refractivity contribution is 6.05. The maximum absolute atomic E-state index is 13.1. The smallest absolute Gasteiger partial charge is 0.255 e. The molecule has 3 saturated heterocycles. The lowest BCUT2D eigenvalue weighted by Gasteiger charge is -2.45. The van der Waals surface area contributed by atoms with Crippen molar-refractivity contribution in [2.75, 3.05) is 32.8 Å². The van der Waals surface area contributed by atoms with Crippen molar-refractivity contribution in [1.29, 1.82) is 0 Å². The van der Waals surface area contributed by atoms with Gasteiger partial charge in [0.25, 0.3) is 5.91 Å². The van der Waals surface area contributed by atoms with Crippen molar-refractivity contribution in [1.82, 2.24) is 20.9 Å². The zero-order chi connectivity index (χ0) is 22.8. The maximum Gasteiger partial charge on any atom is 0.255 e. The molecule has 1 atom stereocenters. The van der Waals surface area contributed by atoms with Crippen molar-refractivity contribution < 1.29 is 19.1 Å². The highest BCUT2D eigenvalue weighted by atomic mass is 16.5. The molecule has 1 aromatic carbocycles. The number of imide groups is 1. The fourth-order valence-electron chi connectivity index (χ4n) is 6.20. The Labute approximate surface area is 194 Å². The number of nitrogens with one attached hydrogen (secondary N) is 3. The highest BCUT2D eigenvalue weighted by Gasteiger charge is 2.41. The van der Waals surface area contributed by atoms with Crippen molar-refractivity contribution in [2.45, 2.75) is 57.7 Å². The fourth-order valence-corrected chi connectivity index (χ4v) is 6.20. The van der Waals surface area contributed by atoms with Crippen LogP contribution in [0.2, 0.25) is 0 Å². The molecular weight excluding hydrogens is 420 g/mol. The van der Waals surface area contributed by atoms with Gasteiger partial charge in [-0.05, 0) is 73.7 Å². The number of carbonyl (C=O) groups excluding carboxylic acids is 3. The van der Waals surface area contributed by atoms with E-state index in [0.29, 0.717) is 31.0 Å². The number of rotatable bonds is 6. The molecule has 3 amide bonds. The predicted molar refractivity (Wildman–Crippen MR) is 122 cm³/mol. The third-order valence-corrected chi connectivity index (χ3v) is 8.17. The molecule has 4 heterocycles. The molecule has 178 valence electrons. The zero-order valence-electron chi connectivity index (χ0n) is 19.2. The van der Waals surface area contributed by atoms with Gasteiger partial charge in [0.2, 0.25) is 11.8 Å². The van der Waals surface area contributed by atoms with Crippen LogP contribution in [0.25, 0.3) is 0 Å². The number of amides is 3. The summed E-state index contributed by atoms with van der Waals surface area (Å²) in [5.74, 6) is -0.0326. The Morgan fingerprint density at radius 1 is 1.09 bits per heavy atom. The molecule has 1 unspecified atom stereocenters. The molecule has 0 aromatic heterocycles. The summed E-state index contributed by atoms with van der Waals surface area (Å²) < 4.78 is 5.70. The van der Waals surface area contributed by atoms with Crippen LogP contribution >= 0.6 is 0 Å². The van der Waals surface area contributed by atoms with Crippen molar-refractivity contribution >= 4 is 17.7 Å². The second kappa shape index (κ2) is 9.52. The van der Waals surface area contributed by atoms with Crippen LogP contribution in [0.4, 0.5) is 0 Å². The quantitative estimate of drug-likeness (QED) is 0.561. The van der Waals surface area contributed by atoms with E-state index in [1.807, 2.05) is 12.1 Å². The normalized spacial score (nSPS) is 25.8. The number of fused-ring (bicyclic) bond motifs is 1. The number of piperidine rings is 2. The van der Waals surface area contributed by atoms with Gasteiger partial charge >= 0.3 is 0 Å². The largest absolute Gasteiger partial charge is 0.381 e. The lowest BCUT2D eigenvalue weighted by molar-refractivity contribution is -0.136. The van der Waals surface area contributed by atoms with E-state index in [9.17, 15) is 14.4 Å². The standard InChI is InChI=1S/C25H34N4O4/c30-22-5-4-21(23(31)28-22)29-15-20-17(2-1-3-19(20)24(29)32)14-27-16-25(8-12-33-13-9-25)18-6-10-26-11-7-18/h1-3,18,21,26-27H,4-16H2,(H,28,30,31). The summed E-state index contributed by atoms with van der Waals surface area (Å²) in [6, 6.07) is 5.28. The van der Waals surface area contributed by atoms with E-state index in [-0.39, 0.29) is 29.6 Å². The molecule has 0 radical (unpaired) electrons. The second-order valence-corrected chi connectivity index (χ2v) is 9.95. The van der Waals surface area contributed by atoms with Crippen LogP contribution in [-0.4, -0.2) is 61.5 Å². The number of nitrogens with zero attached hydrogens (tertiary/aromatic N) is 1. The summed E-state index contributed by atoms with van der Waals surface area (Å²) in [6.45, 7) is 5.94. The Morgan fingerprint density at radius 3 is 2.64 bits per heavy atom. The van der Waals surface area contributed by atoms with Gasteiger partial charge in [-0.25, -0.2) is 0 Å². The van der Waals surface area contributed by atoms with Gasteiger partial charge in [0.1, 0.15) is 6.04 Å². The Kier molecular flexibility index (Phi) is 6.49. The summed E-state index contributed by atoms with van der Waals surface area (Å²) in [5.41, 5.74) is 3.07. The first kappa shape index (κ1) is 22.5. The van der Waals surface area contributed by atoms with E-state index in [1.165, 1.54) is 12.8 Å². The van der Waals surface area contributed by atoms with Gasteiger partial charge in [-0.2, -0.15) is 0 Å². The first-order chi connectivity index (χ1) is 16.1. The topological polar surface area (TPSA) is 99.8 Å². The molecule has 0 spiro atoms. The van der Waals surface area contributed by atoms with Gasteiger partial charge in [-0.15, -0.1) is 0 Å². The molecule has 8 heteroatoms. The van der Waals surface area contributed by atoms with Crippen molar-refractivity contribution in [3.8, 4) is 0 Å². The maximum atomic E-state index is 13.1. The fraction of sp³-hybridized carbons (Fsp3) is 0.640. The predicted octanol–water partition coefficient (Wildman–Crippen LogP) is 1.33. The van der Waals surface area contributed by atoms with Crippen LogP contribution < -0.4 is 16.0 Å².